The van der Waals surface area contributed by atoms with E-state index < -0.39 is 12.0 Å². The van der Waals surface area contributed by atoms with Crippen molar-refractivity contribution < 1.29 is 18.6 Å². The van der Waals surface area contributed by atoms with Crippen molar-refractivity contribution in [1.82, 2.24) is 25.2 Å². The molecule has 4 saturated heterocycles. The minimum Gasteiger partial charge on any atom is -0.508 e. The van der Waals surface area contributed by atoms with Crippen molar-refractivity contribution in [2.75, 3.05) is 37.7 Å². The van der Waals surface area contributed by atoms with Crippen LogP contribution in [-0.2, 0) is 0 Å². The number of phenols is 1. The second kappa shape index (κ2) is 9.46. The van der Waals surface area contributed by atoms with Gasteiger partial charge in [0.15, 0.2) is 5.82 Å². The van der Waals surface area contributed by atoms with Gasteiger partial charge in [-0.2, -0.15) is 9.97 Å². The summed E-state index contributed by atoms with van der Waals surface area (Å²) >= 11 is 0. The maximum atomic E-state index is 16.6. The molecule has 4 aliphatic heterocycles. The molecule has 10 heteroatoms. The molecule has 8 rings (SSSR count). The van der Waals surface area contributed by atoms with Gasteiger partial charge in [0.05, 0.1) is 10.9 Å². The van der Waals surface area contributed by atoms with Gasteiger partial charge in [0.2, 0.25) is 0 Å². The number of pyridine rings is 1. The topological polar surface area (TPSA) is 86.6 Å². The first-order valence-electron chi connectivity index (χ1n) is 14.6. The number of nitrogens with zero attached hydrogens (tertiary/aromatic N) is 5. The number of anilines is 1. The average molecular weight is 559 g/mol. The zero-order chi connectivity index (χ0) is 27.7. The fourth-order valence-corrected chi connectivity index (χ4v) is 7.73. The fraction of sp³-hybridized carbons (Fsp3) is 0.452. The van der Waals surface area contributed by atoms with Crippen LogP contribution < -0.4 is 15.0 Å². The molecule has 6 heterocycles. The standard InChI is InChI=1S/C31H32F2N6O2/c32-19-12-31(8-3-9-38(31)16-19)17-41-30-36-28-25(29(37-30)39-20-6-7-21(39)14-34-13-20)15-35-27(26(28)33)24-11-22(40)10-18-4-1-2-5-23(18)24/h1-2,4-5,10-11,15,19-21,34,40H,3,6-9,12-14,16-17H2/t19-,20?,21?,31+/m1/s1. The van der Waals surface area contributed by atoms with Gasteiger partial charge in [-0.15, -0.1) is 0 Å². The molecule has 4 atom stereocenters. The highest BCUT2D eigenvalue weighted by Gasteiger charge is 2.49. The van der Waals surface area contributed by atoms with Crippen LogP contribution in [-0.4, -0.2) is 81.5 Å². The Morgan fingerprint density at radius 1 is 1.10 bits per heavy atom. The van der Waals surface area contributed by atoms with Crippen LogP contribution in [0.5, 0.6) is 11.8 Å². The van der Waals surface area contributed by atoms with Crippen LogP contribution in [0, 0.1) is 5.82 Å². The van der Waals surface area contributed by atoms with Crippen LogP contribution in [0.15, 0.2) is 42.6 Å². The molecule has 2 aromatic heterocycles. The van der Waals surface area contributed by atoms with E-state index in [4.69, 9.17) is 9.72 Å². The predicted molar refractivity (Wildman–Crippen MR) is 153 cm³/mol. The number of ether oxygens (including phenoxy) is 1. The van der Waals surface area contributed by atoms with Crippen molar-refractivity contribution in [2.45, 2.75) is 55.9 Å². The Bertz CT molecular complexity index is 1650. The summed E-state index contributed by atoms with van der Waals surface area (Å²) in [5.74, 6) is 0.0840. The highest BCUT2D eigenvalue weighted by molar-refractivity contribution is 6.00. The number of hydrogen-bond acceptors (Lipinski definition) is 8. The lowest BCUT2D eigenvalue weighted by Crippen LogP contribution is -2.52. The van der Waals surface area contributed by atoms with Gasteiger partial charge >= 0.3 is 6.01 Å². The normalized spacial score (nSPS) is 27.7. The number of aromatic nitrogens is 3. The molecular weight excluding hydrogens is 526 g/mol. The van der Waals surface area contributed by atoms with Crippen LogP contribution in [0.4, 0.5) is 14.6 Å². The number of rotatable bonds is 5. The number of hydrogen-bond donors (Lipinski definition) is 2. The lowest BCUT2D eigenvalue weighted by Gasteiger charge is -2.37. The summed E-state index contributed by atoms with van der Waals surface area (Å²) in [5.41, 5.74) is 0.371. The monoisotopic (exact) mass is 558 g/mol. The Morgan fingerprint density at radius 3 is 2.78 bits per heavy atom. The van der Waals surface area contributed by atoms with Gasteiger partial charge in [0.25, 0.3) is 0 Å². The van der Waals surface area contributed by atoms with Crippen molar-refractivity contribution >= 4 is 27.5 Å². The summed E-state index contributed by atoms with van der Waals surface area (Å²) in [4.78, 5) is 18.5. The Balaban J connectivity index is 1.26. The van der Waals surface area contributed by atoms with E-state index in [-0.39, 0.29) is 47.2 Å². The summed E-state index contributed by atoms with van der Waals surface area (Å²) in [7, 11) is 0. The molecule has 2 unspecified atom stereocenters. The third-order valence-electron chi connectivity index (χ3n) is 9.60. The molecule has 2 N–H and O–H groups in total. The molecule has 0 amide bonds. The predicted octanol–water partition coefficient (Wildman–Crippen LogP) is 4.59. The highest BCUT2D eigenvalue weighted by Crippen LogP contribution is 2.42. The number of nitrogens with one attached hydrogen (secondary N) is 1. The Morgan fingerprint density at radius 2 is 1.93 bits per heavy atom. The van der Waals surface area contributed by atoms with Crippen LogP contribution in [0.25, 0.3) is 32.9 Å². The smallest absolute Gasteiger partial charge is 0.319 e. The lowest BCUT2D eigenvalue weighted by atomic mass is 9.95. The first-order valence-corrected chi connectivity index (χ1v) is 14.6. The molecule has 0 saturated carbocycles. The van der Waals surface area contributed by atoms with E-state index in [1.54, 1.807) is 12.3 Å². The largest absolute Gasteiger partial charge is 0.508 e. The number of fused-ring (bicyclic) bond motifs is 5. The average Bonchev–Trinajstić information content (AvgIpc) is 3.58. The zero-order valence-electron chi connectivity index (χ0n) is 22.7. The quantitative estimate of drug-likeness (QED) is 0.368. The number of alkyl halides is 1. The van der Waals surface area contributed by atoms with Crippen LogP contribution in [0.1, 0.15) is 32.1 Å². The van der Waals surface area contributed by atoms with E-state index in [1.165, 1.54) is 6.07 Å². The summed E-state index contributed by atoms with van der Waals surface area (Å²) in [5, 5.41) is 16.0. The number of benzene rings is 2. The van der Waals surface area contributed by atoms with Gasteiger partial charge < -0.3 is 20.1 Å². The molecule has 4 aromatic rings. The molecule has 4 fully saturated rings. The van der Waals surface area contributed by atoms with Crippen molar-refractivity contribution in [3.05, 3.63) is 48.4 Å². The van der Waals surface area contributed by atoms with Crippen LogP contribution >= 0.6 is 0 Å². The van der Waals surface area contributed by atoms with Crippen molar-refractivity contribution in [2.24, 2.45) is 0 Å². The van der Waals surface area contributed by atoms with Gasteiger partial charge in [0.1, 0.15) is 35.6 Å². The van der Waals surface area contributed by atoms with Crippen molar-refractivity contribution in [3.8, 4) is 23.0 Å². The van der Waals surface area contributed by atoms with E-state index in [1.807, 2.05) is 24.3 Å². The van der Waals surface area contributed by atoms with Crippen molar-refractivity contribution in [3.63, 3.8) is 0 Å². The summed E-state index contributed by atoms with van der Waals surface area (Å²) in [6, 6.07) is 11.3. The SMILES string of the molecule is Oc1cc(-c2ncc3c(N4C5CCC4CNC5)nc(OC[C@@]45CCCN4C[C@H](F)C5)nc3c2F)c2ccccc2c1. The first kappa shape index (κ1) is 25.1. The lowest BCUT2D eigenvalue weighted by molar-refractivity contribution is 0.107. The first-order chi connectivity index (χ1) is 20.0. The molecule has 0 aliphatic carbocycles. The van der Waals surface area contributed by atoms with E-state index in [0.717, 1.165) is 56.1 Å². The molecular formula is C31H32F2N6O2. The van der Waals surface area contributed by atoms with E-state index >= 15 is 4.39 Å². The maximum Gasteiger partial charge on any atom is 0.319 e. The second-order valence-corrected chi connectivity index (χ2v) is 12.0. The summed E-state index contributed by atoms with van der Waals surface area (Å²) in [6.45, 7) is 3.22. The third-order valence-corrected chi connectivity index (χ3v) is 9.60. The molecule has 0 radical (unpaired) electrons. The van der Waals surface area contributed by atoms with Crippen LogP contribution in [0.2, 0.25) is 0 Å². The fourth-order valence-electron chi connectivity index (χ4n) is 7.73. The minimum atomic E-state index is -0.869. The van der Waals surface area contributed by atoms with E-state index in [2.05, 4.69) is 25.1 Å². The zero-order valence-corrected chi connectivity index (χ0v) is 22.7. The Kier molecular flexibility index (Phi) is 5.79. The number of phenolic OH excluding ortho intramolecular Hbond substituents is 1. The molecule has 2 aromatic carbocycles. The third kappa shape index (κ3) is 4.02. The van der Waals surface area contributed by atoms with Gasteiger partial charge in [-0.1, -0.05) is 24.3 Å². The van der Waals surface area contributed by atoms with Gasteiger partial charge in [-0.05, 0) is 55.1 Å². The van der Waals surface area contributed by atoms with E-state index in [9.17, 15) is 9.50 Å². The summed E-state index contributed by atoms with van der Waals surface area (Å²) < 4.78 is 37.2. The minimum absolute atomic E-state index is 0.0351. The highest BCUT2D eigenvalue weighted by atomic mass is 19.1. The second-order valence-electron chi connectivity index (χ2n) is 12.0. The van der Waals surface area contributed by atoms with Crippen LogP contribution in [0.3, 0.4) is 0 Å². The Labute approximate surface area is 236 Å². The molecule has 212 valence electrons. The van der Waals surface area contributed by atoms with Gasteiger partial charge in [0, 0.05) is 49.9 Å². The number of aromatic hydroxyl groups is 1. The molecule has 8 nitrogen and oxygen atoms in total. The molecule has 41 heavy (non-hydrogen) atoms. The molecule has 4 aliphatic rings. The molecule has 0 spiro atoms. The van der Waals surface area contributed by atoms with Crippen molar-refractivity contribution in [1.29, 1.82) is 0 Å². The van der Waals surface area contributed by atoms with E-state index in [0.29, 0.717) is 29.7 Å². The Hall–Kier alpha value is -3.63. The maximum absolute atomic E-state index is 16.6. The van der Waals surface area contributed by atoms with Gasteiger partial charge in [-0.3, -0.25) is 9.88 Å². The molecule has 2 bridgehead atoms. The van der Waals surface area contributed by atoms with Gasteiger partial charge in [-0.25, -0.2) is 8.78 Å². The summed E-state index contributed by atoms with van der Waals surface area (Å²) in [6.07, 6.45) is 5.13. The number of halogens is 2. The number of piperazine rings is 1.